The highest BCUT2D eigenvalue weighted by Crippen LogP contribution is 2.51. The summed E-state index contributed by atoms with van der Waals surface area (Å²) in [6.45, 7) is 12.8. The summed E-state index contributed by atoms with van der Waals surface area (Å²) >= 11 is 7.11. The maximum atomic E-state index is 12.9. The number of aliphatic carboxylic acids is 1. The van der Waals surface area contributed by atoms with Gasteiger partial charge in [-0.05, 0) is 58.2 Å². The maximum absolute atomic E-state index is 12.9. The first-order valence-corrected chi connectivity index (χ1v) is 13.3. The lowest BCUT2D eigenvalue weighted by Crippen LogP contribution is -2.32. The number of halogens is 1. The van der Waals surface area contributed by atoms with Crippen LogP contribution in [-0.2, 0) is 16.1 Å². The Kier molecular flexibility index (Phi) is 6.81. The number of aryl methyl sites for hydroxylation is 1. The van der Waals surface area contributed by atoms with Crippen molar-refractivity contribution in [3.63, 3.8) is 0 Å². The molecule has 1 N–H and O–H groups in total. The van der Waals surface area contributed by atoms with Crippen LogP contribution >= 0.6 is 11.6 Å². The SMILES string of the molecule is COc1cnc(N2CCn3c(C)c(Cl)c4c(-c5ccc(C)cc5)c([C@H](OC(C)(C)C)C(=O)O)c(C)c2c43)nc1. The quantitative estimate of drug-likeness (QED) is 0.284. The molecule has 0 radical (unpaired) electrons. The number of aromatic nitrogens is 3. The van der Waals surface area contributed by atoms with Crippen molar-refractivity contribution in [2.45, 2.75) is 59.8 Å². The van der Waals surface area contributed by atoms with Crippen LogP contribution in [0.25, 0.3) is 22.0 Å². The maximum Gasteiger partial charge on any atom is 0.337 e. The second-order valence-corrected chi connectivity index (χ2v) is 11.3. The molecule has 0 fully saturated rings. The van der Waals surface area contributed by atoms with Crippen molar-refractivity contribution in [1.82, 2.24) is 14.5 Å². The predicted molar refractivity (Wildman–Crippen MR) is 153 cm³/mol. The molecule has 0 saturated heterocycles. The van der Waals surface area contributed by atoms with Gasteiger partial charge in [-0.3, -0.25) is 0 Å². The summed E-state index contributed by atoms with van der Waals surface area (Å²) < 4.78 is 13.7. The second-order valence-electron chi connectivity index (χ2n) is 10.9. The van der Waals surface area contributed by atoms with Crippen molar-refractivity contribution in [2.24, 2.45) is 0 Å². The van der Waals surface area contributed by atoms with E-state index in [1.807, 2.05) is 70.7 Å². The summed E-state index contributed by atoms with van der Waals surface area (Å²) in [4.78, 5) is 24.0. The average molecular weight is 549 g/mol. The smallest absolute Gasteiger partial charge is 0.337 e. The molecule has 1 aliphatic rings. The number of anilines is 2. The average Bonchev–Trinajstić information content (AvgIpc) is 3.15. The number of ether oxygens (including phenoxy) is 2. The van der Waals surface area contributed by atoms with Gasteiger partial charge in [0.05, 0.1) is 41.3 Å². The third-order valence-electron chi connectivity index (χ3n) is 7.16. The molecule has 1 aliphatic heterocycles. The van der Waals surface area contributed by atoms with Gasteiger partial charge < -0.3 is 24.0 Å². The van der Waals surface area contributed by atoms with Crippen LogP contribution in [0.2, 0.25) is 5.02 Å². The summed E-state index contributed by atoms with van der Waals surface area (Å²) in [6.07, 6.45) is 2.03. The molecular formula is C30H33ClN4O4. The molecular weight excluding hydrogens is 516 g/mol. The Bertz CT molecular complexity index is 1570. The fourth-order valence-electron chi connectivity index (χ4n) is 5.42. The summed E-state index contributed by atoms with van der Waals surface area (Å²) in [7, 11) is 1.57. The molecule has 3 heterocycles. The Hall–Kier alpha value is -3.62. The van der Waals surface area contributed by atoms with Crippen LogP contribution < -0.4 is 9.64 Å². The molecule has 0 unspecified atom stereocenters. The Balaban J connectivity index is 1.92. The van der Waals surface area contributed by atoms with Crippen molar-refractivity contribution in [2.75, 3.05) is 18.6 Å². The van der Waals surface area contributed by atoms with Crippen molar-refractivity contribution < 1.29 is 19.4 Å². The van der Waals surface area contributed by atoms with Crippen LogP contribution in [-0.4, -0.2) is 44.9 Å². The molecule has 0 saturated carbocycles. The molecule has 0 amide bonds. The Morgan fingerprint density at radius 1 is 1.08 bits per heavy atom. The lowest BCUT2D eigenvalue weighted by molar-refractivity contribution is -0.160. The van der Waals surface area contributed by atoms with Crippen LogP contribution in [0.15, 0.2) is 36.7 Å². The van der Waals surface area contributed by atoms with Gasteiger partial charge >= 0.3 is 5.97 Å². The first-order chi connectivity index (χ1) is 18.4. The van der Waals surface area contributed by atoms with E-state index >= 15 is 0 Å². The first kappa shape index (κ1) is 27.0. The monoisotopic (exact) mass is 548 g/mol. The van der Waals surface area contributed by atoms with Gasteiger partial charge in [0.1, 0.15) is 0 Å². The van der Waals surface area contributed by atoms with Crippen LogP contribution in [0.5, 0.6) is 5.75 Å². The van der Waals surface area contributed by atoms with Crippen molar-refractivity contribution in [1.29, 1.82) is 0 Å². The number of carboxylic acid groups (broad SMARTS) is 1. The summed E-state index contributed by atoms with van der Waals surface area (Å²) in [5.41, 5.74) is 6.08. The summed E-state index contributed by atoms with van der Waals surface area (Å²) in [5.74, 6) is -0.0119. The lowest BCUT2D eigenvalue weighted by Gasteiger charge is -2.34. The van der Waals surface area contributed by atoms with Gasteiger partial charge in [0, 0.05) is 29.7 Å². The molecule has 204 valence electrons. The standard InChI is InChI=1S/C30H33ClN4O4/c1-16-8-10-19(11-9-16)22-21(27(28(36)37)39-30(4,5)6)17(2)25-26-23(22)24(31)18(3)34(26)12-13-35(25)29-32-14-20(38-7)15-33-29/h8-11,14-15,27H,12-13H2,1-7H3,(H,36,37)/t27-/m0/s1. The van der Waals surface area contributed by atoms with Gasteiger partial charge in [-0.2, -0.15) is 0 Å². The highest BCUT2D eigenvalue weighted by Gasteiger charge is 2.37. The van der Waals surface area contributed by atoms with Crippen molar-refractivity contribution in [3.8, 4) is 16.9 Å². The number of carboxylic acids is 1. The minimum atomic E-state index is -1.23. The largest absolute Gasteiger partial charge is 0.494 e. The Labute approximate surface area is 233 Å². The van der Waals surface area contributed by atoms with Gasteiger partial charge in [0.15, 0.2) is 11.9 Å². The van der Waals surface area contributed by atoms with Gasteiger partial charge in [-0.1, -0.05) is 41.4 Å². The van der Waals surface area contributed by atoms with E-state index in [4.69, 9.17) is 21.1 Å². The van der Waals surface area contributed by atoms with Crippen molar-refractivity contribution in [3.05, 3.63) is 64.1 Å². The van der Waals surface area contributed by atoms with E-state index in [-0.39, 0.29) is 0 Å². The van der Waals surface area contributed by atoms with Crippen LogP contribution in [0.1, 0.15) is 49.3 Å². The minimum absolute atomic E-state index is 0.499. The predicted octanol–water partition coefficient (Wildman–Crippen LogP) is 6.78. The Morgan fingerprint density at radius 3 is 2.28 bits per heavy atom. The normalized spacial score (nSPS) is 14.1. The number of hydrogen-bond acceptors (Lipinski definition) is 6. The molecule has 2 aromatic heterocycles. The molecule has 1 atom stereocenters. The molecule has 0 bridgehead atoms. The number of benzene rings is 2. The number of nitrogens with zero attached hydrogens (tertiary/aromatic N) is 4. The molecule has 8 nitrogen and oxygen atoms in total. The first-order valence-electron chi connectivity index (χ1n) is 12.9. The number of carbonyl (C=O) groups is 1. The minimum Gasteiger partial charge on any atom is -0.494 e. The molecule has 0 aliphatic carbocycles. The number of hydrogen-bond donors (Lipinski definition) is 1. The molecule has 4 aromatic rings. The number of methoxy groups -OCH3 is 1. The molecule has 0 spiro atoms. The van der Waals surface area contributed by atoms with E-state index in [9.17, 15) is 9.90 Å². The van der Waals surface area contributed by atoms with E-state index in [1.54, 1.807) is 19.5 Å². The molecule has 2 aromatic carbocycles. The summed E-state index contributed by atoms with van der Waals surface area (Å²) in [6, 6.07) is 8.08. The van der Waals surface area contributed by atoms with E-state index < -0.39 is 17.7 Å². The van der Waals surface area contributed by atoms with Gasteiger partial charge in [-0.15, -0.1) is 0 Å². The molecule has 39 heavy (non-hydrogen) atoms. The summed E-state index contributed by atoms with van der Waals surface area (Å²) in [5, 5.41) is 11.9. The van der Waals surface area contributed by atoms with Crippen LogP contribution in [0.3, 0.4) is 0 Å². The zero-order chi connectivity index (χ0) is 28.2. The topological polar surface area (TPSA) is 89.7 Å². The van der Waals surface area contributed by atoms with Crippen LogP contribution in [0.4, 0.5) is 11.6 Å². The zero-order valence-corrected chi connectivity index (χ0v) is 24.1. The lowest BCUT2D eigenvalue weighted by atomic mass is 9.87. The molecule has 9 heteroatoms. The second kappa shape index (κ2) is 9.84. The van der Waals surface area contributed by atoms with Crippen molar-refractivity contribution >= 4 is 40.1 Å². The van der Waals surface area contributed by atoms with E-state index in [0.717, 1.165) is 44.5 Å². The van der Waals surface area contributed by atoms with Gasteiger partial charge in [-0.25, -0.2) is 14.8 Å². The fourth-order valence-corrected chi connectivity index (χ4v) is 5.70. The number of rotatable bonds is 6. The fraction of sp³-hybridized carbons (Fsp3) is 0.367. The highest BCUT2D eigenvalue weighted by molar-refractivity contribution is 6.38. The third kappa shape index (κ3) is 4.61. The molecule has 5 rings (SSSR count). The van der Waals surface area contributed by atoms with E-state index in [1.165, 1.54) is 0 Å². The van der Waals surface area contributed by atoms with Gasteiger partial charge in [0.25, 0.3) is 0 Å². The third-order valence-corrected chi connectivity index (χ3v) is 7.62. The Morgan fingerprint density at radius 2 is 1.72 bits per heavy atom. The van der Waals surface area contributed by atoms with Gasteiger partial charge in [0.2, 0.25) is 5.95 Å². The van der Waals surface area contributed by atoms with Crippen LogP contribution in [0, 0.1) is 20.8 Å². The van der Waals surface area contributed by atoms with E-state index in [2.05, 4.69) is 14.5 Å². The highest BCUT2D eigenvalue weighted by atomic mass is 35.5. The van der Waals surface area contributed by atoms with E-state index in [0.29, 0.717) is 35.4 Å². The zero-order valence-electron chi connectivity index (χ0n) is 23.3.